The summed E-state index contributed by atoms with van der Waals surface area (Å²) in [7, 11) is 1.34. The standard InChI is InChI=1S/C14H21ClN2O2S/c1-4-20-6-5-9(2)17-13-11(14(18)19-3)7-10(16)8-12(13)15/h7-9,17H,4-6,16H2,1-3H3. The molecule has 0 amide bonds. The molecule has 3 N–H and O–H groups in total. The molecule has 1 aromatic carbocycles. The van der Waals surface area contributed by atoms with Crippen molar-refractivity contribution < 1.29 is 9.53 Å². The molecule has 0 aromatic heterocycles. The second kappa shape index (κ2) is 8.27. The van der Waals surface area contributed by atoms with Crippen LogP contribution >= 0.6 is 23.4 Å². The molecule has 1 unspecified atom stereocenters. The molecule has 0 spiro atoms. The summed E-state index contributed by atoms with van der Waals surface area (Å²) in [6.07, 6.45) is 0.986. The maximum atomic E-state index is 11.8. The molecule has 20 heavy (non-hydrogen) atoms. The number of nitrogen functional groups attached to an aromatic ring is 1. The fraction of sp³-hybridized carbons (Fsp3) is 0.500. The summed E-state index contributed by atoms with van der Waals surface area (Å²) in [5, 5.41) is 3.71. The van der Waals surface area contributed by atoms with Crippen molar-refractivity contribution in [3.63, 3.8) is 0 Å². The second-order valence-corrected chi connectivity index (χ2v) is 6.25. The zero-order valence-electron chi connectivity index (χ0n) is 12.0. The summed E-state index contributed by atoms with van der Waals surface area (Å²) < 4.78 is 4.77. The number of rotatable bonds is 7. The van der Waals surface area contributed by atoms with Crippen molar-refractivity contribution in [3.05, 3.63) is 22.7 Å². The van der Waals surface area contributed by atoms with Crippen molar-refractivity contribution in [1.29, 1.82) is 0 Å². The Labute approximate surface area is 129 Å². The summed E-state index contributed by atoms with van der Waals surface area (Å²) in [4.78, 5) is 11.8. The molecule has 6 heteroatoms. The number of hydrogen-bond acceptors (Lipinski definition) is 5. The number of methoxy groups -OCH3 is 1. The number of nitrogens with one attached hydrogen (secondary N) is 1. The zero-order valence-corrected chi connectivity index (χ0v) is 13.6. The van der Waals surface area contributed by atoms with Crippen LogP contribution in [0.2, 0.25) is 5.02 Å². The van der Waals surface area contributed by atoms with Gasteiger partial charge in [-0.1, -0.05) is 18.5 Å². The van der Waals surface area contributed by atoms with Crippen molar-refractivity contribution in [2.45, 2.75) is 26.3 Å². The highest BCUT2D eigenvalue weighted by molar-refractivity contribution is 7.99. The van der Waals surface area contributed by atoms with Crippen LogP contribution in [0.1, 0.15) is 30.6 Å². The summed E-state index contributed by atoms with van der Waals surface area (Å²) in [5.74, 6) is 1.71. The molecule has 0 heterocycles. The van der Waals surface area contributed by atoms with E-state index in [9.17, 15) is 4.79 Å². The number of esters is 1. The number of benzene rings is 1. The Morgan fingerprint density at radius 1 is 1.55 bits per heavy atom. The number of anilines is 2. The number of halogens is 1. The highest BCUT2D eigenvalue weighted by Gasteiger charge is 2.17. The maximum Gasteiger partial charge on any atom is 0.340 e. The van der Waals surface area contributed by atoms with Gasteiger partial charge in [-0.15, -0.1) is 0 Å². The van der Waals surface area contributed by atoms with Gasteiger partial charge < -0.3 is 15.8 Å². The van der Waals surface area contributed by atoms with Crippen LogP contribution in [-0.2, 0) is 4.74 Å². The predicted octanol–water partition coefficient (Wildman–Crippen LogP) is 3.65. The van der Waals surface area contributed by atoms with Crippen LogP contribution in [0.25, 0.3) is 0 Å². The Balaban J connectivity index is 2.90. The van der Waals surface area contributed by atoms with E-state index in [1.807, 2.05) is 11.8 Å². The molecule has 1 atom stereocenters. The predicted molar refractivity (Wildman–Crippen MR) is 87.9 cm³/mol. The van der Waals surface area contributed by atoms with Crippen molar-refractivity contribution >= 4 is 40.7 Å². The normalized spacial score (nSPS) is 12.0. The van der Waals surface area contributed by atoms with E-state index in [1.54, 1.807) is 12.1 Å². The molecule has 0 aliphatic heterocycles. The Hall–Kier alpha value is -1.07. The van der Waals surface area contributed by atoms with E-state index in [1.165, 1.54) is 7.11 Å². The fourth-order valence-corrected chi connectivity index (χ4v) is 2.86. The van der Waals surface area contributed by atoms with Crippen molar-refractivity contribution in [1.82, 2.24) is 0 Å². The molecule has 1 rings (SSSR count). The van der Waals surface area contributed by atoms with E-state index in [0.29, 0.717) is 22.0 Å². The number of thioether (sulfide) groups is 1. The minimum absolute atomic E-state index is 0.207. The molecule has 0 aliphatic rings. The Kier molecular flexibility index (Phi) is 7.02. The largest absolute Gasteiger partial charge is 0.465 e. The molecule has 0 aliphatic carbocycles. The third-order valence-electron chi connectivity index (χ3n) is 2.81. The van der Waals surface area contributed by atoms with Crippen molar-refractivity contribution in [2.24, 2.45) is 0 Å². The summed E-state index contributed by atoms with van der Waals surface area (Å²) in [5.41, 5.74) is 7.12. The molecular formula is C14H21ClN2O2S. The minimum atomic E-state index is -0.447. The van der Waals surface area contributed by atoms with E-state index in [2.05, 4.69) is 19.2 Å². The molecule has 0 saturated carbocycles. The van der Waals surface area contributed by atoms with Crippen LogP contribution in [0.3, 0.4) is 0 Å². The number of carbonyl (C=O) groups is 1. The van der Waals surface area contributed by atoms with Gasteiger partial charge >= 0.3 is 5.97 Å². The van der Waals surface area contributed by atoms with Crippen LogP contribution < -0.4 is 11.1 Å². The molecule has 0 saturated heterocycles. The lowest BCUT2D eigenvalue weighted by molar-refractivity contribution is 0.0602. The smallest absolute Gasteiger partial charge is 0.340 e. The van der Waals surface area contributed by atoms with Gasteiger partial charge in [0.25, 0.3) is 0 Å². The third kappa shape index (κ3) is 4.80. The van der Waals surface area contributed by atoms with Gasteiger partial charge in [0.2, 0.25) is 0 Å². The van der Waals surface area contributed by atoms with Crippen LogP contribution in [-0.4, -0.2) is 30.6 Å². The number of ether oxygens (including phenoxy) is 1. The van der Waals surface area contributed by atoms with Gasteiger partial charge in [0.1, 0.15) is 0 Å². The van der Waals surface area contributed by atoms with Gasteiger partial charge in [0.05, 0.1) is 23.4 Å². The van der Waals surface area contributed by atoms with Crippen LogP contribution in [0.15, 0.2) is 12.1 Å². The van der Waals surface area contributed by atoms with Crippen LogP contribution in [0, 0.1) is 0 Å². The SMILES string of the molecule is CCSCCC(C)Nc1c(Cl)cc(N)cc1C(=O)OC. The Morgan fingerprint density at radius 3 is 2.85 bits per heavy atom. The first-order valence-corrected chi connectivity index (χ1v) is 8.04. The molecule has 4 nitrogen and oxygen atoms in total. The molecule has 0 radical (unpaired) electrons. The number of nitrogens with two attached hydrogens (primary N) is 1. The quantitative estimate of drug-likeness (QED) is 0.456. The summed E-state index contributed by atoms with van der Waals surface area (Å²) in [6.45, 7) is 4.19. The molecule has 112 valence electrons. The van der Waals surface area contributed by atoms with Gasteiger partial charge in [-0.2, -0.15) is 11.8 Å². The highest BCUT2D eigenvalue weighted by Crippen LogP contribution is 2.30. The lowest BCUT2D eigenvalue weighted by Crippen LogP contribution is -2.19. The number of carbonyl (C=O) groups excluding carboxylic acids is 1. The van der Waals surface area contributed by atoms with Crippen LogP contribution in [0.4, 0.5) is 11.4 Å². The average Bonchev–Trinajstić information content (AvgIpc) is 2.41. The third-order valence-corrected chi connectivity index (χ3v) is 4.04. The minimum Gasteiger partial charge on any atom is -0.465 e. The van der Waals surface area contributed by atoms with E-state index in [-0.39, 0.29) is 6.04 Å². The zero-order chi connectivity index (χ0) is 15.1. The fourth-order valence-electron chi connectivity index (χ4n) is 1.77. The van der Waals surface area contributed by atoms with E-state index < -0.39 is 5.97 Å². The van der Waals surface area contributed by atoms with Gasteiger partial charge in [-0.25, -0.2) is 4.79 Å². The summed E-state index contributed by atoms with van der Waals surface area (Å²) >= 11 is 8.07. The molecule has 0 bridgehead atoms. The van der Waals surface area contributed by atoms with Gasteiger partial charge in [0, 0.05) is 11.7 Å². The number of hydrogen-bond donors (Lipinski definition) is 2. The van der Waals surface area contributed by atoms with Gasteiger partial charge in [0.15, 0.2) is 0 Å². The van der Waals surface area contributed by atoms with Gasteiger partial charge in [-0.05, 0) is 37.0 Å². The Morgan fingerprint density at radius 2 is 2.25 bits per heavy atom. The van der Waals surface area contributed by atoms with Crippen molar-refractivity contribution in [3.8, 4) is 0 Å². The summed E-state index contributed by atoms with van der Waals surface area (Å²) in [6, 6.07) is 3.41. The average molecular weight is 317 g/mol. The van der Waals surface area contributed by atoms with E-state index >= 15 is 0 Å². The van der Waals surface area contributed by atoms with E-state index in [0.717, 1.165) is 17.9 Å². The first-order chi connectivity index (χ1) is 9.49. The Bertz CT molecular complexity index is 469. The monoisotopic (exact) mass is 316 g/mol. The second-order valence-electron chi connectivity index (χ2n) is 4.45. The molecule has 1 aromatic rings. The van der Waals surface area contributed by atoms with Crippen molar-refractivity contribution in [2.75, 3.05) is 29.7 Å². The molecular weight excluding hydrogens is 296 g/mol. The van der Waals surface area contributed by atoms with Gasteiger partial charge in [-0.3, -0.25) is 0 Å². The lowest BCUT2D eigenvalue weighted by Gasteiger charge is -2.19. The first-order valence-electron chi connectivity index (χ1n) is 6.51. The topological polar surface area (TPSA) is 64.3 Å². The molecule has 0 fully saturated rings. The maximum absolute atomic E-state index is 11.8. The highest BCUT2D eigenvalue weighted by atomic mass is 35.5. The lowest BCUT2D eigenvalue weighted by atomic mass is 10.1. The van der Waals surface area contributed by atoms with Crippen LogP contribution in [0.5, 0.6) is 0 Å². The van der Waals surface area contributed by atoms with E-state index in [4.69, 9.17) is 22.1 Å². The first kappa shape index (κ1) is 17.0.